The number of phosphoric ester groups is 2. The molecule has 2 unspecified atom stereocenters. The molecule has 0 rings (SSSR count). The van der Waals surface area contributed by atoms with E-state index in [0.717, 1.165) is 109 Å². The Morgan fingerprint density at radius 3 is 0.796 bits per heavy atom. The van der Waals surface area contributed by atoms with Crippen LogP contribution in [0.25, 0.3) is 0 Å². The minimum absolute atomic E-state index is 0.0855. The third-order valence-electron chi connectivity index (χ3n) is 19.2. The minimum Gasteiger partial charge on any atom is -0.462 e. The maximum Gasteiger partial charge on any atom is 0.472 e. The topological polar surface area (TPSA) is 237 Å². The van der Waals surface area contributed by atoms with Gasteiger partial charge in [0, 0.05) is 25.7 Å². The predicted octanol–water partition coefficient (Wildman–Crippen LogP) is 25.1. The molecule has 103 heavy (non-hydrogen) atoms. The number of carbonyl (C=O) groups excluding carboxylic acids is 4. The second-order valence-corrected chi connectivity index (χ2v) is 32.9. The number of hydrogen-bond donors (Lipinski definition) is 3. The van der Waals surface area contributed by atoms with Crippen molar-refractivity contribution >= 4 is 39.5 Å². The van der Waals surface area contributed by atoms with Crippen LogP contribution in [-0.4, -0.2) is 96.7 Å². The van der Waals surface area contributed by atoms with Gasteiger partial charge in [0.05, 0.1) is 26.4 Å². The Morgan fingerprint density at radius 2 is 0.524 bits per heavy atom. The lowest BCUT2D eigenvalue weighted by atomic mass is 10.0. The van der Waals surface area contributed by atoms with Gasteiger partial charge in [-0.15, -0.1) is 0 Å². The molecule has 0 aliphatic rings. The van der Waals surface area contributed by atoms with E-state index in [1.807, 2.05) is 0 Å². The van der Waals surface area contributed by atoms with Gasteiger partial charge in [-0.25, -0.2) is 9.13 Å². The zero-order chi connectivity index (χ0) is 75.5. The van der Waals surface area contributed by atoms with Gasteiger partial charge in [-0.1, -0.05) is 374 Å². The lowest BCUT2D eigenvalue weighted by molar-refractivity contribution is -0.161. The van der Waals surface area contributed by atoms with E-state index < -0.39 is 97.5 Å². The first kappa shape index (κ1) is 101. The molecule has 0 radical (unpaired) electrons. The van der Waals surface area contributed by atoms with Crippen LogP contribution in [0.4, 0.5) is 0 Å². The number of aliphatic hydroxyl groups is 1. The first-order valence-corrected chi connectivity index (χ1v) is 45.9. The summed E-state index contributed by atoms with van der Waals surface area (Å²) in [5.41, 5.74) is 0. The number of phosphoric acid groups is 2. The van der Waals surface area contributed by atoms with E-state index >= 15 is 0 Å². The third-order valence-corrected chi connectivity index (χ3v) is 21.1. The largest absolute Gasteiger partial charge is 0.472 e. The lowest BCUT2D eigenvalue weighted by Crippen LogP contribution is -2.30. The fourth-order valence-electron chi connectivity index (χ4n) is 12.6. The van der Waals surface area contributed by atoms with E-state index in [4.69, 9.17) is 37.0 Å². The van der Waals surface area contributed by atoms with E-state index in [2.05, 4.69) is 58.9 Å². The average Bonchev–Trinajstić information content (AvgIpc) is 0.907. The maximum absolute atomic E-state index is 13.1. The molecule has 0 heterocycles. The summed E-state index contributed by atoms with van der Waals surface area (Å²) in [6, 6.07) is 0. The Balaban J connectivity index is 5.24. The van der Waals surface area contributed by atoms with Gasteiger partial charge < -0.3 is 33.8 Å². The molecule has 0 saturated heterocycles. The van der Waals surface area contributed by atoms with Gasteiger partial charge in [0.15, 0.2) is 12.2 Å². The zero-order valence-electron chi connectivity index (χ0n) is 66.9. The second-order valence-electron chi connectivity index (χ2n) is 30.0. The van der Waals surface area contributed by atoms with E-state index in [1.165, 1.54) is 238 Å². The average molecular weight is 1500 g/mol. The van der Waals surface area contributed by atoms with E-state index in [-0.39, 0.29) is 25.7 Å². The van der Waals surface area contributed by atoms with Crippen LogP contribution in [0.3, 0.4) is 0 Å². The number of hydrogen-bond acceptors (Lipinski definition) is 15. The van der Waals surface area contributed by atoms with Crippen LogP contribution in [0.15, 0.2) is 24.3 Å². The van der Waals surface area contributed by atoms with E-state index in [9.17, 15) is 43.2 Å². The Bertz CT molecular complexity index is 2060. The van der Waals surface area contributed by atoms with Gasteiger partial charge in [0.2, 0.25) is 0 Å². The maximum atomic E-state index is 13.1. The van der Waals surface area contributed by atoms with Crippen LogP contribution in [0.5, 0.6) is 0 Å². The summed E-state index contributed by atoms with van der Waals surface area (Å²) in [6.07, 6.45) is 71.7. The fourth-order valence-corrected chi connectivity index (χ4v) is 14.2. The Hall–Kier alpha value is -2.46. The van der Waals surface area contributed by atoms with Crippen molar-refractivity contribution in [2.75, 3.05) is 39.6 Å². The van der Waals surface area contributed by atoms with Crippen molar-refractivity contribution in [2.24, 2.45) is 5.92 Å². The molecule has 608 valence electrons. The van der Waals surface area contributed by atoms with Crippen molar-refractivity contribution < 1.29 is 80.2 Å². The molecule has 0 aromatic heterocycles. The number of unbranched alkanes of at least 4 members (excludes halogenated alkanes) is 51. The van der Waals surface area contributed by atoms with Crippen molar-refractivity contribution in [2.45, 2.75) is 445 Å². The van der Waals surface area contributed by atoms with E-state index in [0.29, 0.717) is 25.7 Å². The molecular formula is C84H160O17P2. The highest BCUT2D eigenvalue weighted by molar-refractivity contribution is 7.47. The molecule has 0 saturated carbocycles. The van der Waals surface area contributed by atoms with Crippen LogP contribution in [0, 0.1) is 5.92 Å². The monoisotopic (exact) mass is 1500 g/mol. The van der Waals surface area contributed by atoms with Gasteiger partial charge in [0.25, 0.3) is 0 Å². The van der Waals surface area contributed by atoms with Crippen molar-refractivity contribution in [1.82, 2.24) is 0 Å². The molecule has 0 aliphatic heterocycles. The molecule has 17 nitrogen and oxygen atoms in total. The summed E-state index contributed by atoms with van der Waals surface area (Å²) < 4.78 is 68.7. The van der Waals surface area contributed by atoms with Crippen LogP contribution in [0.2, 0.25) is 0 Å². The third kappa shape index (κ3) is 77.5. The van der Waals surface area contributed by atoms with Gasteiger partial charge in [-0.3, -0.25) is 37.3 Å². The molecule has 0 aliphatic carbocycles. The second kappa shape index (κ2) is 76.3. The summed E-state index contributed by atoms with van der Waals surface area (Å²) in [7, 11) is -9.93. The van der Waals surface area contributed by atoms with Crippen molar-refractivity contribution in [3.05, 3.63) is 24.3 Å². The quantitative estimate of drug-likeness (QED) is 0.0169. The molecule has 0 spiro atoms. The molecule has 3 N–H and O–H groups in total. The summed E-state index contributed by atoms with van der Waals surface area (Å²) in [5, 5.41) is 10.6. The molecule has 19 heteroatoms. The molecule has 0 aromatic carbocycles. The molecule has 0 bridgehead atoms. The highest BCUT2D eigenvalue weighted by Gasteiger charge is 2.30. The molecular weight excluding hydrogens is 1340 g/mol. The van der Waals surface area contributed by atoms with Crippen LogP contribution in [-0.2, 0) is 65.4 Å². The number of carbonyl (C=O) groups is 4. The fraction of sp³-hybridized carbons (Fsp3) is 0.905. The highest BCUT2D eigenvalue weighted by atomic mass is 31.2. The summed E-state index contributed by atoms with van der Waals surface area (Å²) in [4.78, 5) is 73.0. The van der Waals surface area contributed by atoms with Crippen molar-refractivity contribution in [3.63, 3.8) is 0 Å². The van der Waals surface area contributed by atoms with E-state index in [1.54, 1.807) is 0 Å². The van der Waals surface area contributed by atoms with Crippen molar-refractivity contribution in [3.8, 4) is 0 Å². The predicted molar refractivity (Wildman–Crippen MR) is 423 cm³/mol. The number of allylic oxidation sites excluding steroid dienone is 4. The molecule has 5 atom stereocenters. The number of esters is 4. The lowest BCUT2D eigenvalue weighted by Gasteiger charge is -2.21. The highest BCUT2D eigenvalue weighted by Crippen LogP contribution is 2.45. The molecule has 0 fully saturated rings. The normalized spacial score (nSPS) is 14.0. The summed E-state index contributed by atoms with van der Waals surface area (Å²) in [5.74, 6) is -1.32. The first-order valence-electron chi connectivity index (χ1n) is 43.0. The van der Waals surface area contributed by atoms with Crippen LogP contribution in [0.1, 0.15) is 426 Å². The SMILES string of the molecule is CCCCCC/C=C\C=C/CCCCCCCC(=O)O[C@H](COC(=O)CCCCCCCCCCC)COP(=O)(O)OC[C@H](O)COP(=O)(O)OC[C@@H](COC(=O)CCCCCCCCCCCCCCCCCCCC)OC(=O)CCCCCCCCCCCCCCCCCCCCC(C)C. The Labute approximate surface area is 631 Å². The summed E-state index contributed by atoms with van der Waals surface area (Å²) in [6.45, 7) is 7.30. The standard InChI is InChI=1S/C84H160O17P2/c1-6-9-12-15-18-21-23-25-27-28-32-36-39-43-48-53-58-63-68-82(87)95-74-80(101-84(89)70-65-60-55-50-45-41-37-33-30-29-31-35-38-42-47-51-56-61-66-77(4)5)76-99-103(92,93)97-72-78(85)71-96-102(90,91)98-75-79(73-94-81(86)67-62-57-52-46-20-17-14-11-8-3)100-83(88)69-64-59-54-49-44-40-34-26-24-22-19-16-13-10-7-2/h22,24,26,34,77-80,85H,6-21,23,25,27-33,35-76H2,1-5H3,(H,90,91)(H,92,93)/b24-22-,34-26-/t78-,79+,80+/m0/s1. The van der Waals surface area contributed by atoms with Crippen LogP contribution >= 0.6 is 15.6 Å². The van der Waals surface area contributed by atoms with Gasteiger partial charge in [-0.2, -0.15) is 0 Å². The minimum atomic E-state index is -4.97. The molecule has 0 aromatic rings. The number of ether oxygens (including phenoxy) is 4. The van der Waals surface area contributed by atoms with Gasteiger partial charge in [0.1, 0.15) is 19.3 Å². The molecule has 0 amide bonds. The van der Waals surface area contributed by atoms with Crippen molar-refractivity contribution in [1.29, 1.82) is 0 Å². The zero-order valence-corrected chi connectivity index (χ0v) is 68.7. The summed E-state index contributed by atoms with van der Waals surface area (Å²) >= 11 is 0. The van der Waals surface area contributed by atoms with Crippen LogP contribution < -0.4 is 0 Å². The first-order chi connectivity index (χ1) is 50.0. The van der Waals surface area contributed by atoms with Gasteiger partial charge in [-0.05, 0) is 57.3 Å². The Kier molecular flexibility index (Phi) is 74.5. The Morgan fingerprint density at radius 1 is 0.301 bits per heavy atom. The number of rotatable bonds is 82. The number of aliphatic hydroxyl groups excluding tert-OH is 1. The smallest absolute Gasteiger partial charge is 0.462 e. The van der Waals surface area contributed by atoms with Gasteiger partial charge >= 0.3 is 39.5 Å².